The second kappa shape index (κ2) is 14.0. The van der Waals surface area contributed by atoms with Gasteiger partial charge in [0.05, 0.1) is 11.0 Å². The van der Waals surface area contributed by atoms with Crippen LogP contribution >= 0.6 is 0 Å². The van der Waals surface area contributed by atoms with Crippen LogP contribution in [0.2, 0.25) is 0 Å². The van der Waals surface area contributed by atoms with Crippen LogP contribution in [0.4, 0.5) is 17.1 Å². The summed E-state index contributed by atoms with van der Waals surface area (Å²) in [5.74, 6) is 0. The number of fused-ring (bicyclic) bond motifs is 4. The average molecular weight is 708 g/mol. The molecule has 0 aromatic heterocycles. The van der Waals surface area contributed by atoms with Gasteiger partial charge in [-0.05, 0) is 119 Å². The lowest BCUT2D eigenvalue weighted by atomic mass is 9.93. The lowest BCUT2D eigenvalue weighted by Gasteiger charge is -2.26. The topological polar surface area (TPSA) is 3.24 Å². The molecular weight excluding hydrogens is 663 g/mol. The molecule has 0 aliphatic rings. The van der Waals surface area contributed by atoms with Crippen molar-refractivity contribution in [2.45, 2.75) is 0 Å². The highest BCUT2D eigenvalue weighted by Gasteiger charge is 2.16. The van der Waals surface area contributed by atoms with E-state index in [4.69, 9.17) is 2.74 Å². The van der Waals surface area contributed by atoms with E-state index in [0.29, 0.717) is 16.8 Å². The normalized spacial score (nSPS) is 13.3. The van der Waals surface area contributed by atoms with E-state index in [1.807, 2.05) is 133 Å². The Kier molecular flexibility index (Phi) is 6.33. The second-order valence-corrected chi connectivity index (χ2v) is 13.5. The highest BCUT2D eigenvalue weighted by molar-refractivity contribution is 6.13. The first kappa shape index (κ1) is 24.9. The first-order chi connectivity index (χ1) is 30.6. The van der Waals surface area contributed by atoms with Crippen molar-refractivity contribution in [3.05, 3.63) is 224 Å². The number of rotatable bonds is 7. The maximum Gasteiger partial charge on any atom is 0.0651 e. The van der Waals surface area contributed by atoms with Gasteiger partial charge in [0, 0.05) is 17.1 Å². The third-order valence-electron chi connectivity index (χ3n) is 10.2. The van der Waals surface area contributed by atoms with Crippen molar-refractivity contribution in [3.63, 3.8) is 0 Å². The monoisotopic (exact) mass is 707 g/mol. The van der Waals surface area contributed by atoms with Crippen LogP contribution in [0.3, 0.4) is 0 Å². The molecule has 0 spiro atoms. The summed E-state index contributed by atoms with van der Waals surface area (Å²) in [5, 5.41) is 5.22. The van der Waals surface area contributed by atoms with Gasteiger partial charge in [0.15, 0.2) is 0 Å². The van der Waals surface area contributed by atoms with Crippen LogP contribution in [-0.2, 0) is 0 Å². The summed E-state index contributed by atoms with van der Waals surface area (Å²) in [5.41, 5.74) is 5.35. The summed E-state index contributed by atoms with van der Waals surface area (Å²) in [6.45, 7) is 0. The minimum absolute atomic E-state index is 0.123. The molecule has 10 aromatic carbocycles. The van der Waals surface area contributed by atoms with Gasteiger partial charge in [-0.1, -0.05) is 182 Å². The van der Waals surface area contributed by atoms with Crippen molar-refractivity contribution in [2.24, 2.45) is 0 Å². The van der Waals surface area contributed by atoms with Crippen molar-refractivity contribution < 1.29 is 11.0 Å². The van der Waals surface area contributed by atoms with Crippen molar-refractivity contribution in [1.29, 1.82) is 0 Å². The van der Waals surface area contributed by atoms with Crippen LogP contribution in [0.1, 0.15) is 11.0 Å². The third kappa shape index (κ3) is 6.12. The molecule has 0 fully saturated rings. The molecule has 0 aliphatic carbocycles. The molecular formula is C54H37N. The molecule has 10 rings (SSSR count). The fourth-order valence-electron chi connectivity index (χ4n) is 7.50. The zero-order chi connectivity index (χ0) is 43.5. The minimum atomic E-state index is -0.448. The van der Waals surface area contributed by atoms with E-state index < -0.39 is 12.1 Å². The Morgan fingerprint density at radius 2 is 0.873 bits per heavy atom. The quantitative estimate of drug-likeness (QED) is 0.149. The SMILES string of the molecule is [2H]c1c([2H])c(-c2cccc3ccccc23)c([2H])c(N(c2ccc(-c3ccc(-c4ccccc4)cc3)cc2)c2c([2H])c([2H])c(-c3cc4ccccc4c4ccccc34)c([2H])c2[2H])c1[2H]. The summed E-state index contributed by atoms with van der Waals surface area (Å²) in [6, 6.07) is 53.5. The summed E-state index contributed by atoms with van der Waals surface area (Å²) < 4.78 is 76.2. The molecule has 0 saturated heterocycles. The van der Waals surface area contributed by atoms with Crippen molar-refractivity contribution >= 4 is 49.4 Å². The fraction of sp³-hybridized carbons (Fsp3) is 0. The van der Waals surface area contributed by atoms with Crippen LogP contribution < -0.4 is 4.90 Å². The van der Waals surface area contributed by atoms with Crippen LogP contribution in [0.15, 0.2) is 224 Å². The van der Waals surface area contributed by atoms with Gasteiger partial charge in [-0.3, -0.25) is 0 Å². The molecule has 0 aliphatic heterocycles. The largest absolute Gasteiger partial charge is 0.310 e. The number of hydrogen-bond acceptors (Lipinski definition) is 1. The summed E-state index contributed by atoms with van der Waals surface area (Å²) in [7, 11) is 0. The van der Waals surface area contributed by atoms with E-state index >= 15 is 0 Å². The Hall–Kier alpha value is -7.22. The van der Waals surface area contributed by atoms with E-state index in [2.05, 4.69) is 24.3 Å². The van der Waals surface area contributed by atoms with E-state index in [1.165, 1.54) is 4.90 Å². The molecule has 1 heteroatoms. The summed E-state index contributed by atoms with van der Waals surface area (Å²) in [4.78, 5) is 1.40. The first-order valence-electron chi connectivity index (χ1n) is 22.3. The maximum absolute atomic E-state index is 9.85. The Bertz CT molecular complexity index is 3390. The lowest BCUT2D eigenvalue weighted by molar-refractivity contribution is 1.28. The van der Waals surface area contributed by atoms with E-state index in [0.717, 1.165) is 54.6 Å². The van der Waals surface area contributed by atoms with Gasteiger partial charge in [0.25, 0.3) is 0 Å². The number of hydrogen-bond donors (Lipinski definition) is 0. The Labute approximate surface area is 333 Å². The van der Waals surface area contributed by atoms with Crippen LogP contribution in [0.25, 0.3) is 76.8 Å². The first-order valence-corrected chi connectivity index (χ1v) is 18.3. The van der Waals surface area contributed by atoms with Crippen LogP contribution in [0.5, 0.6) is 0 Å². The van der Waals surface area contributed by atoms with E-state index in [-0.39, 0.29) is 58.8 Å². The van der Waals surface area contributed by atoms with Crippen molar-refractivity contribution in [3.8, 4) is 44.5 Å². The molecule has 258 valence electrons. The number of nitrogens with zero attached hydrogens (tertiary/aromatic N) is 1. The summed E-state index contributed by atoms with van der Waals surface area (Å²) >= 11 is 0. The van der Waals surface area contributed by atoms with Gasteiger partial charge in [-0.15, -0.1) is 0 Å². The average Bonchev–Trinajstić information content (AvgIpc) is 3.33. The predicted molar refractivity (Wildman–Crippen MR) is 235 cm³/mol. The maximum atomic E-state index is 9.85. The van der Waals surface area contributed by atoms with Gasteiger partial charge in [-0.2, -0.15) is 0 Å². The van der Waals surface area contributed by atoms with Gasteiger partial charge < -0.3 is 4.90 Å². The molecule has 55 heavy (non-hydrogen) atoms. The van der Waals surface area contributed by atoms with Gasteiger partial charge in [0.2, 0.25) is 0 Å². The van der Waals surface area contributed by atoms with Gasteiger partial charge in [0.1, 0.15) is 0 Å². The molecule has 0 atom stereocenters. The standard InChI is InChI=1S/C54H37N/c1-2-12-38(13-3-1)39-24-26-40(27-25-39)41-28-32-46(33-29-41)55(48-18-10-17-44(36-48)50-23-11-16-42-14-4-6-19-49(42)50)47-34-30-43(31-35-47)54-37-45-15-5-7-20-51(45)52-21-8-9-22-53(52)54/h1-37H/i10D,17D,18D,30D,31D,34D,35D,36D. The summed E-state index contributed by atoms with van der Waals surface area (Å²) in [6.07, 6.45) is 0. The molecule has 10 aromatic rings. The molecule has 1 nitrogen and oxygen atoms in total. The lowest BCUT2D eigenvalue weighted by Crippen LogP contribution is -2.10. The van der Waals surface area contributed by atoms with Gasteiger partial charge in [-0.25, -0.2) is 0 Å². The van der Waals surface area contributed by atoms with Crippen molar-refractivity contribution in [2.75, 3.05) is 4.90 Å². The molecule has 0 bridgehead atoms. The minimum Gasteiger partial charge on any atom is -0.310 e. The smallest absolute Gasteiger partial charge is 0.0651 e. The Balaban J connectivity index is 1.21. The highest BCUT2D eigenvalue weighted by Crippen LogP contribution is 2.41. The van der Waals surface area contributed by atoms with Crippen molar-refractivity contribution in [1.82, 2.24) is 0 Å². The number of benzene rings is 10. The molecule has 0 heterocycles. The zero-order valence-electron chi connectivity index (χ0n) is 37.7. The van der Waals surface area contributed by atoms with Crippen LogP contribution in [-0.4, -0.2) is 0 Å². The third-order valence-corrected chi connectivity index (χ3v) is 10.2. The molecule has 0 amide bonds. The van der Waals surface area contributed by atoms with E-state index in [9.17, 15) is 8.22 Å². The highest BCUT2D eigenvalue weighted by atomic mass is 15.1. The molecule has 0 unspecified atom stereocenters. The Morgan fingerprint density at radius 3 is 1.60 bits per heavy atom. The van der Waals surface area contributed by atoms with E-state index in [1.54, 1.807) is 18.2 Å². The fourth-order valence-corrected chi connectivity index (χ4v) is 7.50. The Morgan fingerprint density at radius 1 is 0.309 bits per heavy atom. The molecule has 0 saturated carbocycles. The second-order valence-electron chi connectivity index (χ2n) is 13.5. The van der Waals surface area contributed by atoms with Crippen LogP contribution in [0, 0.1) is 0 Å². The molecule has 0 radical (unpaired) electrons. The molecule has 0 N–H and O–H groups in total. The van der Waals surface area contributed by atoms with Gasteiger partial charge >= 0.3 is 0 Å². The zero-order valence-corrected chi connectivity index (χ0v) is 29.7. The number of anilines is 3. The predicted octanol–water partition coefficient (Wildman–Crippen LogP) is 15.3.